The quantitative estimate of drug-likeness (QED) is 0.723. The molecule has 3 rings (SSSR count). The largest absolute Gasteiger partial charge is 0.417 e. The number of benzene rings is 2. The average Bonchev–Trinajstić information content (AvgIpc) is 2.65. The fourth-order valence-corrected chi connectivity index (χ4v) is 2.89. The molecule has 0 radical (unpaired) electrons. The SMILES string of the molecule is COCc1cccc(CNC(=O)c2cnc3ccccc3c2C(F)(F)F)c1. The maximum absolute atomic E-state index is 13.6. The van der Waals surface area contributed by atoms with Gasteiger partial charge in [0, 0.05) is 25.2 Å². The van der Waals surface area contributed by atoms with Gasteiger partial charge < -0.3 is 10.1 Å². The van der Waals surface area contributed by atoms with E-state index in [2.05, 4.69) is 10.3 Å². The molecule has 0 saturated carbocycles. The summed E-state index contributed by atoms with van der Waals surface area (Å²) in [5.41, 5.74) is 0.398. The third-order valence-corrected chi connectivity index (χ3v) is 4.06. The summed E-state index contributed by atoms with van der Waals surface area (Å²) >= 11 is 0. The summed E-state index contributed by atoms with van der Waals surface area (Å²) in [6, 6.07) is 13.2. The van der Waals surface area contributed by atoms with Gasteiger partial charge in [0.05, 0.1) is 23.3 Å². The number of alkyl halides is 3. The van der Waals surface area contributed by atoms with E-state index in [0.29, 0.717) is 6.61 Å². The molecule has 0 fully saturated rings. The third kappa shape index (κ3) is 4.25. The molecule has 1 aromatic heterocycles. The maximum atomic E-state index is 13.6. The van der Waals surface area contributed by atoms with Crippen LogP contribution < -0.4 is 5.32 Å². The maximum Gasteiger partial charge on any atom is 0.417 e. The topological polar surface area (TPSA) is 51.2 Å². The molecule has 4 nitrogen and oxygen atoms in total. The van der Waals surface area contributed by atoms with Crippen LogP contribution >= 0.6 is 0 Å². The molecule has 1 heterocycles. The van der Waals surface area contributed by atoms with E-state index in [9.17, 15) is 18.0 Å². The van der Waals surface area contributed by atoms with Crippen LogP contribution in [0.1, 0.15) is 27.0 Å². The normalized spacial score (nSPS) is 11.6. The number of halogens is 3. The summed E-state index contributed by atoms with van der Waals surface area (Å²) in [4.78, 5) is 16.5. The minimum absolute atomic E-state index is 0.0975. The Kier molecular flexibility index (Phi) is 5.41. The molecule has 140 valence electrons. The highest BCUT2D eigenvalue weighted by Crippen LogP contribution is 2.36. The van der Waals surface area contributed by atoms with E-state index < -0.39 is 23.2 Å². The van der Waals surface area contributed by atoms with Crippen LogP contribution in [0.15, 0.2) is 54.7 Å². The van der Waals surface area contributed by atoms with E-state index in [1.54, 1.807) is 25.3 Å². The number of para-hydroxylation sites is 1. The number of ether oxygens (including phenoxy) is 1. The Labute approximate surface area is 154 Å². The second-order valence-electron chi connectivity index (χ2n) is 6.00. The summed E-state index contributed by atoms with van der Waals surface area (Å²) in [6.45, 7) is 0.509. The number of fused-ring (bicyclic) bond motifs is 1. The van der Waals surface area contributed by atoms with Crippen LogP contribution in [0.2, 0.25) is 0 Å². The van der Waals surface area contributed by atoms with Crippen molar-refractivity contribution in [2.75, 3.05) is 7.11 Å². The number of methoxy groups -OCH3 is 1. The van der Waals surface area contributed by atoms with Gasteiger partial charge in [0.1, 0.15) is 0 Å². The molecule has 1 N–H and O–H groups in total. The Morgan fingerprint density at radius 3 is 2.59 bits per heavy atom. The number of nitrogens with zero attached hydrogens (tertiary/aromatic N) is 1. The van der Waals surface area contributed by atoms with Crippen molar-refractivity contribution in [1.29, 1.82) is 0 Å². The van der Waals surface area contributed by atoms with Gasteiger partial charge in [-0.15, -0.1) is 0 Å². The molecule has 0 unspecified atom stereocenters. The Hall–Kier alpha value is -2.93. The second kappa shape index (κ2) is 7.75. The van der Waals surface area contributed by atoms with E-state index >= 15 is 0 Å². The number of nitrogens with one attached hydrogen (secondary N) is 1. The Balaban J connectivity index is 1.89. The predicted octanol–water partition coefficient (Wildman–Crippen LogP) is 4.33. The van der Waals surface area contributed by atoms with Crippen LogP contribution in [0, 0.1) is 0 Å². The van der Waals surface area contributed by atoms with E-state index in [4.69, 9.17) is 4.74 Å². The first kappa shape index (κ1) is 18.8. The van der Waals surface area contributed by atoms with Crippen molar-refractivity contribution in [2.24, 2.45) is 0 Å². The zero-order chi connectivity index (χ0) is 19.4. The average molecular weight is 374 g/mol. The molecular formula is C20H17F3N2O2. The molecule has 3 aromatic rings. The van der Waals surface area contributed by atoms with Gasteiger partial charge in [0.2, 0.25) is 0 Å². The van der Waals surface area contributed by atoms with Gasteiger partial charge in [-0.05, 0) is 17.2 Å². The number of pyridine rings is 1. The van der Waals surface area contributed by atoms with Gasteiger partial charge >= 0.3 is 6.18 Å². The molecular weight excluding hydrogens is 357 g/mol. The van der Waals surface area contributed by atoms with Crippen molar-refractivity contribution >= 4 is 16.8 Å². The van der Waals surface area contributed by atoms with Gasteiger partial charge in [-0.1, -0.05) is 42.5 Å². The van der Waals surface area contributed by atoms with Crippen LogP contribution in [0.5, 0.6) is 0 Å². The van der Waals surface area contributed by atoms with Crippen LogP contribution in [0.3, 0.4) is 0 Å². The first-order valence-electron chi connectivity index (χ1n) is 8.20. The number of hydrogen-bond donors (Lipinski definition) is 1. The molecule has 0 atom stereocenters. The van der Waals surface area contributed by atoms with Gasteiger partial charge in [-0.25, -0.2) is 0 Å². The first-order chi connectivity index (χ1) is 12.9. The lowest BCUT2D eigenvalue weighted by atomic mass is 10.0. The van der Waals surface area contributed by atoms with Crippen molar-refractivity contribution in [1.82, 2.24) is 10.3 Å². The lowest BCUT2D eigenvalue weighted by Gasteiger charge is -2.15. The first-order valence-corrected chi connectivity index (χ1v) is 8.20. The van der Waals surface area contributed by atoms with E-state index in [1.807, 2.05) is 12.1 Å². The molecule has 7 heteroatoms. The summed E-state index contributed by atoms with van der Waals surface area (Å²) in [5, 5.41) is 2.44. The lowest BCUT2D eigenvalue weighted by Crippen LogP contribution is -2.26. The van der Waals surface area contributed by atoms with E-state index in [0.717, 1.165) is 17.3 Å². The van der Waals surface area contributed by atoms with Crippen LogP contribution in [-0.4, -0.2) is 18.0 Å². The number of carbonyl (C=O) groups excluding carboxylic acids is 1. The highest BCUT2D eigenvalue weighted by Gasteiger charge is 2.37. The Morgan fingerprint density at radius 2 is 1.85 bits per heavy atom. The number of hydrogen-bond acceptors (Lipinski definition) is 3. The number of aromatic nitrogens is 1. The molecule has 0 spiro atoms. The smallest absolute Gasteiger partial charge is 0.380 e. The summed E-state index contributed by atoms with van der Waals surface area (Å²) in [6.07, 6.45) is -3.70. The Morgan fingerprint density at radius 1 is 1.11 bits per heavy atom. The monoisotopic (exact) mass is 374 g/mol. The van der Waals surface area contributed by atoms with Crippen molar-refractivity contribution in [3.8, 4) is 0 Å². The fraction of sp³-hybridized carbons (Fsp3) is 0.200. The van der Waals surface area contributed by atoms with Crippen LogP contribution in [0.25, 0.3) is 10.9 Å². The van der Waals surface area contributed by atoms with Crippen molar-refractivity contribution in [3.63, 3.8) is 0 Å². The minimum atomic E-state index is -4.67. The van der Waals surface area contributed by atoms with E-state index in [1.165, 1.54) is 18.2 Å². The molecule has 1 amide bonds. The lowest BCUT2D eigenvalue weighted by molar-refractivity contribution is -0.136. The Bertz CT molecular complexity index is 971. The summed E-state index contributed by atoms with van der Waals surface area (Å²) in [5.74, 6) is -0.822. The van der Waals surface area contributed by atoms with Crippen molar-refractivity contribution < 1.29 is 22.7 Å². The van der Waals surface area contributed by atoms with Crippen LogP contribution in [0.4, 0.5) is 13.2 Å². The molecule has 0 saturated heterocycles. The zero-order valence-electron chi connectivity index (χ0n) is 14.5. The minimum Gasteiger partial charge on any atom is -0.380 e. The molecule has 2 aromatic carbocycles. The van der Waals surface area contributed by atoms with Crippen LogP contribution in [-0.2, 0) is 24.1 Å². The molecule has 0 bridgehead atoms. The van der Waals surface area contributed by atoms with Gasteiger partial charge in [0.15, 0.2) is 0 Å². The molecule has 0 aliphatic carbocycles. The highest BCUT2D eigenvalue weighted by molar-refractivity contribution is 6.00. The van der Waals surface area contributed by atoms with Crippen molar-refractivity contribution in [2.45, 2.75) is 19.3 Å². The summed E-state index contributed by atoms with van der Waals surface area (Å²) in [7, 11) is 1.57. The van der Waals surface area contributed by atoms with Gasteiger partial charge in [0.25, 0.3) is 5.91 Å². The standard InChI is InChI=1S/C20H17F3N2O2/c1-27-12-14-6-4-5-13(9-14)10-25-19(26)16-11-24-17-8-3-2-7-15(17)18(16)20(21,22)23/h2-9,11H,10,12H2,1H3,(H,25,26). The highest BCUT2D eigenvalue weighted by atomic mass is 19.4. The predicted molar refractivity (Wildman–Crippen MR) is 95.1 cm³/mol. The zero-order valence-corrected chi connectivity index (χ0v) is 14.5. The number of amides is 1. The summed E-state index contributed by atoms with van der Waals surface area (Å²) < 4.78 is 45.9. The van der Waals surface area contributed by atoms with Gasteiger partial charge in [-0.3, -0.25) is 9.78 Å². The molecule has 0 aliphatic heterocycles. The van der Waals surface area contributed by atoms with E-state index in [-0.39, 0.29) is 17.4 Å². The fourth-order valence-electron chi connectivity index (χ4n) is 2.89. The second-order valence-corrected chi connectivity index (χ2v) is 6.00. The van der Waals surface area contributed by atoms with Gasteiger partial charge in [-0.2, -0.15) is 13.2 Å². The molecule has 0 aliphatic rings. The van der Waals surface area contributed by atoms with Crippen molar-refractivity contribution in [3.05, 3.63) is 77.0 Å². The number of rotatable bonds is 5. The number of carbonyl (C=O) groups is 1. The molecule has 27 heavy (non-hydrogen) atoms. The third-order valence-electron chi connectivity index (χ3n) is 4.06.